The minimum absolute atomic E-state index is 0.0519. The summed E-state index contributed by atoms with van der Waals surface area (Å²) in [5, 5.41) is 6.34. The van der Waals surface area contributed by atoms with Crippen LogP contribution < -0.4 is 5.32 Å². The lowest BCUT2D eigenvalue weighted by Gasteiger charge is -2.32. The zero-order valence-corrected chi connectivity index (χ0v) is 16.7. The van der Waals surface area contributed by atoms with Gasteiger partial charge < -0.3 is 5.32 Å². The molecule has 0 aliphatic carbocycles. The number of piperidine rings is 1. The maximum atomic E-state index is 12.8. The molecule has 3 nitrogen and oxygen atoms in total. The van der Waals surface area contributed by atoms with Gasteiger partial charge in [-0.05, 0) is 53.4 Å². The summed E-state index contributed by atoms with van der Waals surface area (Å²) >= 11 is 5.97. The molecule has 4 heteroatoms. The molecule has 1 saturated heterocycles. The van der Waals surface area contributed by atoms with Gasteiger partial charge in [-0.3, -0.25) is 9.69 Å². The molecular weight excluding hydrogens is 368 g/mol. The Hall–Kier alpha value is -2.36. The van der Waals surface area contributed by atoms with Gasteiger partial charge in [-0.15, -0.1) is 0 Å². The van der Waals surface area contributed by atoms with E-state index in [1.807, 2.05) is 24.3 Å². The van der Waals surface area contributed by atoms with Gasteiger partial charge >= 0.3 is 0 Å². The second-order valence-electron chi connectivity index (χ2n) is 7.56. The van der Waals surface area contributed by atoms with E-state index in [-0.39, 0.29) is 11.8 Å². The van der Waals surface area contributed by atoms with E-state index < -0.39 is 0 Å². The van der Waals surface area contributed by atoms with Crippen molar-refractivity contribution >= 4 is 28.3 Å². The highest BCUT2D eigenvalue weighted by Crippen LogP contribution is 2.21. The number of benzene rings is 3. The van der Waals surface area contributed by atoms with Crippen LogP contribution in [0.4, 0.5) is 0 Å². The minimum atomic E-state index is 0.0519. The predicted molar refractivity (Wildman–Crippen MR) is 115 cm³/mol. The van der Waals surface area contributed by atoms with Crippen LogP contribution in [-0.2, 0) is 17.9 Å². The van der Waals surface area contributed by atoms with Gasteiger partial charge in [0.05, 0.1) is 5.92 Å². The molecule has 1 aliphatic rings. The highest BCUT2D eigenvalue weighted by Gasteiger charge is 2.25. The number of fused-ring (bicyclic) bond motifs is 1. The molecule has 1 heterocycles. The van der Waals surface area contributed by atoms with E-state index >= 15 is 0 Å². The molecule has 1 amide bonds. The molecule has 28 heavy (non-hydrogen) atoms. The lowest BCUT2D eigenvalue weighted by Crippen LogP contribution is -2.42. The largest absolute Gasteiger partial charge is 0.352 e. The molecule has 1 N–H and O–H groups in total. The van der Waals surface area contributed by atoms with Gasteiger partial charge in [-0.1, -0.05) is 66.2 Å². The number of halogens is 1. The van der Waals surface area contributed by atoms with Crippen molar-refractivity contribution in [1.29, 1.82) is 0 Å². The fourth-order valence-electron chi connectivity index (χ4n) is 4.03. The highest BCUT2D eigenvalue weighted by atomic mass is 35.5. The van der Waals surface area contributed by atoms with Crippen molar-refractivity contribution in [3.05, 3.63) is 82.9 Å². The molecule has 0 spiro atoms. The fraction of sp³-hybridized carbons (Fsp3) is 0.292. The second kappa shape index (κ2) is 8.76. The Morgan fingerprint density at radius 3 is 2.68 bits per heavy atom. The molecule has 0 unspecified atom stereocenters. The first-order valence-corrected chi connectivity index (χ1v) is 10.3. The van der Waals surface area contributed by atoms with Crippen LogP contribution in [0, 0.1) is 5.92 Å². The number of amides is 1. The van der Waals surface area contributed by atoms with Gasteiger partial charge in [0.1, 0.15) is 0 Å². The summed E-state index contributed by atoms with van der Waals surface area (Å²) in [4.78, 5) is 15.2. The van der Waals surface area contributed by atoms with E-state index in [0.717, 1.165) is 37.5 Å². The smallest absolute Gasteiger partial charge is 0.224 e. The fourth-order valence-corrected chi connectivity index (χ4v) is 4.16. The number of likely N-dealkylation sites (tertiary alicyclic amines) is 1. The van der Waals surface area contributed by atoms with E-state index in [1.165, 1.54) is 21.9 Å². The molecule has 0 saturated carbocycles. The molecule has 0 radical (unpaired) electrons. The Morgan fingerprint density at radius 2 is 1.82 bits per heavy atom. The summed E-state index contributed by atoms with van der Waals surface area (Å²) in [6.45, 7) is 3.29. The van der Waals surface area contributed by atoms with Crippen molar-refractivity contribution in [2.24, 2.45) is 5.92 Å². The van der Waals surface area contributed by atoms with E-state index in [9.17, 15) is 4.79 Å². The van der Waals surface area contributed by atoms with Crippen molar-refractivity contribution in [2.45, 2.75) is 25.9 Å². The molecule has 1 fully saturated rings. The first kappa shape index (κ1) is 19.0. The van der Waals surface area contributed by atoms with E-state index in [2.05, 4.69) is 52.7 Å². The van der Waals surface area contributed by atoms with Gasteiger partial charge in [-0.2, -0.15) is 0 Å². The van der Waals surface area contributed by atoms with Gasteiger partial charge in [0, 0.05) is 24.7 Å². The molecule has 1 atom stereocenters. The number of carbonyl (C=O) groups excluding carboxylic acids is 1. The van der Waals surface area contributed by atoms with Crippen LogP contribution in [0.2, 0.25) is 5.02 Å². The number of hydrogen-bond donors (Lipinski definition) is 1. The maximum Gasteiger partial charge on any atom is 0.224 e. The molecule has 0 aromatic heterocycles. The monoisotopic (exact) mass is 392 g/mol. The molecule has 4 rings (SSSR count). The molecule has 0 bridgehead atoms. The quantitative estimate of drug-likeness (QED) is 0.661. The summed E-state index contributed by atoms with van der Waals surface area (Å²) in [7, 11) is 0. The standard InChI is InChI=1S/C24H25ClN2O/c25-22-12-10-18(11-13-22)16-27-14-4-8-21(17-27)24(28)26-15-20-7-3-6-19-5-1-2-9-23(19)20/h1-3,5-7,9-13,21H,4,8,14-17H2,(H,26,28)/t21-/m1/s1. The lowest BCUT2D eigenvalue weighted by atomic mass is 9.96. The summed E-state index contributed by atoms with van der Waals surface area (Å²) in [5.41, 5.74) is 2.40. The van der Waals surface area contributed by atoms with Crippen LogP contribution in [0.15, 0.2) is 66.7 Å². The number of nitrogens with zero attached hydrogens (tertiary/aromatic N) is 1. The van der Waals surface area contributed by atoms with Crippen molar-refractivity contribution in [3.63, 3.8) is 0 Å². The number of hydrogen-bond acceptors (Lipinski definition) is 2. The van der Waals surface area contributed by atoms with Crippen molar-refractivity contribution in [3.8, 4) is 0 Å². The topological polar surface area (TPSA) is 32.3 Å². The van der Waals surface area contributed by atoms with Crippen molar-refractivity contribution in [2.75, 3.05) is 13.1 Å². The summed E-state index contributed by atoms with van der Waals surface area (Å²) in [6, 6.07) is 22.5. The van der Waals surface area contributed by atoms with Crippen LogP contribution in [-0.4, -0.2) is 23.9 Å². The average molecular weight is 393 g/mol. The minimum Gasteiger partial charge on any atom is -0.352 e. The van der Waals surface area contributed by atoms with Crippen LogP contribution in [0.25, 0.3) is 10.8 Å². The predicted octanol–water partition coefficient (Wildman–Crippen LogP) is 5.02. The SMILES string of the molecule is O=C(NCc1cccc2ccccc12)[C@@H]1CCCN(Cc2ccc(Cl)cc2)C1. The maximum absolute atomic E-state index is 12.8. The van der Waals surface area contributed by atoms with Gasteiger partial charge in [0.15, 0.2) is 0 Å². The third-order valence-electron chi connectivity index (χ3n) is 5.53. The lowest BCUT2D eigenvalue weighted by molar-refractivity contribution is -0.126. The van der Waals surface area contributed by atoms with E-state index in [0.29, 0.717) is 6.54 Å². The zero-order chi connectivity index (χ0) is 19.3. The second-order valence-corrected chi connectivity index (χ2v) is 7.99. The molecule has 144 valence electrons. The normalized spacial score (nSPS) is 17.5. The number of rotatable bonds is 5. The molecule has 3 aromatic carbocycles. The number of nitrogens with one attached hydrogen (secondary N) is 1. The van der Waals surface area contributed by atoms with Gasteiger partial charge in [0.25, 0.3) is 0 Å². The van der Waals surface area contributed by atoms with Crippen molar-refractivity contribution in [1.82, 2.24) is 10.2 Å². The third-order valence-corrected chi connectivity index (χ3v) is 5.78. The van der Waals surface area contributed by atoms with E-state index in [4.69, 9.17) is 11.6 Å². The number of carbonyl (C=O) groups is 1. The Morgan fingerprint density at radius 1 is 1.04 bits per heavy atom. The van der Waals surface area contributed by atoms with Crippen LogP contribution >= 0.6 is 11.6 Å². The van der Waals surface area contributed by atoms with Crippen LogP contribution in [0.5, 0.6) is 0 Å². The van der Waals surface area contributed by atoms with Gasteiger partial charge in [-0.25, -0.2) is 0 Å². The average Bonchev–Trinajstić information content (AvgIpc) is 2.74. The Kier molecular flexibility index (Phi) is 5.94. The summed E-state index contributed by atoms with van der Waals surface area (Å²) < 4.78 is 0. The molecule has 3 aromatic rings. The van der Waals surface area contributed by atoms with Gasteiger partial charge in [0.2, 0.25) is 5.91 Å². The van der Waals surface area contributed by atoms with E-state index in [1.54, 1.807) is 0 Å². The third kappa shape index (κ3) is 4.54. The first-order valence-electron chi connectivity index (χ1n) is 9.90. The summed E-state index contributed by atoms with van der Waals surface area (Å²) in [5.74, 6) is 0.213. The Balaban J connectivity index is 1.35. The Bertz CT molecular complexity index is 949. The van der Waals surface area contributed by atoms with Crippen LogP contribution in [0.1, 0.15) is 24.0 Å². The first-order chi connectivity index (χ1) is 13.7. The zero-order valence-electron chi connectivity index (χ0n) is 15.9. The highest BCUT2D eigenvalue weighted by molar-refractivity contribution is 6.30. The Labute approximate surface area is 171 Å². The van der Waals surface area contributed by atoms with Crippen LogP contribution in [0.3, 0.4) is 0 Å². The van der Waals surface area contributed by atoms with Crippen molar-refractivity contribution < 1.29 is 4.79 Å². The summed E-state index contributed by atoms with van der Waals surface area (Å²) in [6.07, 6.45) is 2.01. The molecular formula is C24H25ClN2O. The molecule has 1 aliphatic heterocycles.